The maximum absolute atomic E-state index is 10.2. The van der Waals surface area contributed by atoms with Gasteiger partial charge in [0.2, 0.25) is 0 Å². The van der Waals surface area contributed by atoms with Crippen molar-refractivity contribution in [2.45, 2.75) is 38.0 Å². The molecule has 19 heavy (non-hydrogen) atoms. The average molecular weight is 273 g/mol. The number of benzene rings is 1. The molecule has 3 heteroatoms. The van der Waals surface area contributed by atoms with Crippen molar-refractivity contribution in [2.75, 3.05) is 0 Å². The van der Waals surface area contributed by atoms with E-state index in [9.17, 15) is 5.11 Å². The molecule has 1 aromatic heterocycles. The molecule has 0 unspecified atom stereocenters. The van der Waals surface area contributed by atoms with Gasteiger partial charge in [-0.05, 0) is 46.9 Å². The van der Waals surface area contributed by atoms with Crippen LogP contribution in [0.2, 0.25) is 0 Å². The summed E-state index contributed by atoms with van der Waals surface area (Å²) in [6, 6.07) is 10.9. The summed E-state index contributed by atoms with van der Waals surface area (Å²) in [7, 11) is 0. The fourth-order valence-corrected chi connectivity index (χ4v) is 3.58. The zero-order valence-electron chi connectivity index (χ0n) is 11.0. The van der Waals surface area contributed by atoms with Crippen LogP contribution in [-0.2, 0) is 12.8 Å². The number of hydrogen-bond donors (Lipinski definition) is 2. The molecule has 100 valence electrons. The smallest absolute Gasteiger partial charge is 0.0775 e. The molecule has 2 N–H and O–H groups in total. The Labute approximate surface area is 118 Å². The van der Waals surface area contributed by atoms with Crippen molar-refractivity contribution in [1.82, 2.24) is 5.32 Å². The minimum Gasteiger partial charge on any atom is -0.391 e. The van der Waals surface area contributed by atoms with Gasteiger partial charge in [-0.3, -0.25) is 0 Å². The quantitative estimate of drug-likeness (QED) is 0.897. The van der Waals surface area contributed by atoms with Crippen LogP contribution in [0.25, 0.3) is 0 Å². The van der Waals surface area contributed by atoms with E-state index in [1.807, 2.05) is 6.07 Å². The van der Waals surface area contributed by atoms with Crippen LogP contribution in [-0.4, -0.2) is 17.3 Å². The molecule has 1 aliphatic rings. The summed E-state index contributed by atoms with van der Waals surface area (Å²) in [5.41, 5.74) is 3.90. The van der Waals surface area contributed by atoms with Gasteiger partial charge in [0.1, 0.15) is 0 Å². The largest absolute Gasteiger partial charge is 0.391 e. The predicted octanol–water partition coefficient (Wildman–Crippen LogP) is 2.93. The van der Waals surface area contributed by atoms with Crippen molar-refractivity contribution in [1.29, 1.82) is 0 Å². The molecule has 0 amide bonds. The van der Waals surface area contributed by atoms with Gasteiger partial charge in [-0.15, -0.1) is 0 Å². The fraction of sp³-hybridized carbons (Fsp3) is 0.375. The maximum Gasteiger partial charge on any atom is 0.0775 e. The lowest BCUT2D eigenvalue weighted by Crippen LogP contribution is -2.36. The van der Waals surface area contributed by atoms with Crippen LogP contribution in [0.1, 0.15) is 29.7 Å². The molecule has 0 spiro atoms. The summed E-state index contributed by atoms with van der Waals surface area (Å²) in [5, 5.41) is 18.1. The molecule has 0 fully saturated rings. The summed E-state index contributed by atoms with van der Waals surface area (Å²) >= 11 is 1.74. The minimum atomic E-state index is -0.303. The Kier molecular flexibility index (Phi) is 3.69. The SMILES string of the molecule is C[C@H](Cc1ccsc1)N[C@@H]1c2ccccc2C[C@@H]1O. The molecule has 0 saturated carbocycles. The molecule has 3 rings (SSSR count). The molecule has 1 aromatic carbocycles. The third kappa shape index (κ3) is 2.73. The Bertz CT molecular complexity index is 537. The summed E-state index contributed by atoms with van der Waals surface area (Å²) in [6.45, 7) is 2.19. The van der Waals surface area contributed by atoms with E-state index >= 15 is 0 Å². The van der Waals surface area contributed by atoms with Gasteiger partial charge < -0.3 is 10.4 Å². The van der Waals surface area contributed by atoms with Gasteiger partial charge in [0, 0.05) is 12.5 Å². The highest BCUT2D eigenvalue weighted by Gasteiger charge is 2.31. The Morgan fingerprint density at radius 2 is 2.21 bits per heavy atom. The van der Waals surface area contributed by atoms with Crippen LogP contribution in [0.15, 0.2) is 41.1 Å². The minimum absolute atomic E-state index is 0.0739. The Hall–Kier alpha value is -1.16. The molecule has 0 aliphatic heterocycles. The van der Waals surface area contributed by atoms with Crippen molar-refractivity contribution in [2.24, 2.45) is 0 Å². The van der Waals surface area contributed by atoms with E-state index < -0.39 is 0 Å². The van der Waals surface area contributed by atoms with Gasteiger partial charge in [0.25, 0.3) is 0 Å². The molecular formula is C16H19NOS. The average Bonchev–Trinajstić information content (AvgIpc) is 2.99. The number of hydrogen-bond acceptors (Lipinski definition) is 3. The van der Waals surface area contributed by atoms with Crippen LogP contribution in [0, 0.1) is 0 Å². The number of aliphatic hydroxyl groups is 1. The normalized spacial score (nSPS) is 23.3. The van der Waals surface area contributed by atoms with Gasteiger partial charge in [-0.2, -0.15) is 11.3 Å². The lowest BCUT2D eigenvalue weighted by Gasteiger charge is -2.23. The monoisotopic (exact) mass is 273 g/mol. The molecule has 0 bridgehead atoms. The second-order valence-corrected chi connectivity index (χ2v) is 6.13. The molecule has 0 radical (unpaired) electrons. The standard InChI is InChI=1S/C16H19NOS/c1-11(8-12-6-7-19-10-12)17-16-14-5-3-2-4-13(14)9-15(16)18/h2-7,10-11,15-18H,8-9H2,1H3/t11-,15+,16-/m1/s1. The van der Waals surface area contributed by atoms with E-state index in [1.54, 1.807) is 11.3 Å². The van der Waals surface area contributed by atoms with Crippen LogP contribution in [0.4, 0.5) is 0 Å². The predicted molar refractivity (Wildman–Crippen MR) is 79.5 cm³/mol. The van der Waals surface area contributed by atoms with Crippen molar-refractivity contribution >= 4 is 11.3 Å². The zero-order valence-corrected chi connectivity index (χ0v) is 11.9. The van der Waals surface area contributed by atoms with Crippen LogP contribution in [0.5, 0.6) is 0 Å². The first-order chi connectivity index (χ1) is 9.24. The van der Waals surface area contributed by atoms with Gasteiger partial charge in [0.15, 0.2) is 0 Å². The second kappa shape index (κ2) is 5.45. The number of aliphatic hydroxyl groups excluding tert-OH is 1. The third-order valence-corrected chi connectivity index (χ3v) is 4.52. The van der Waals surface area contributed by atoms with Crippen molar-refractivity contribution in [3.8, 4) is 0 Å². The van der Waals surface area contributed by atoms with E-state index in [1.165, 1.54) is 16.7 Å². The first-order valence-corrected chi connectivity index (χ1v) is 7.71. The highest BCUT2D eigenvalue weighted by Crippen LogP contribution is 2.31. The molecule has 1 aliphatic carbocycles. The Balaban J connectivity index is 1.69. The Morgan fingerprint density at radius 1 is 1.37 bits per heavy atom. The summed E-state index contributed by atoms with van der Waals surface area (Å²) in [4.78, 5) is 0. The van der Waals surface area contributed by atoms with Gasteiger partial charge in [0.05, 0.1) is 12.1 Å². The molecule has 1 heterocycles. The topological polar surface area (TPSA) is 32.3 Å². The molecule has 2 nitrogen and oxygen atoms in total. The fourth-order valence-electron chi connectivity index (χ4n) is 2.90. The third-order valence-electron chi connectivity index (χ3n) is 3.79. The van der Waals surface area contributed by atoms with Crippen LogP contribution >= 0.6 is 11.3 Å². The first kappa shape index (κ1) is 12.9. The highest BCUT2D eigenvalue weighted by molar-refractivity contribution is 7.07. The lowest BCUT2D eigenvalue weighted by molar-refractivity contribution is 0.135. The lowest BCUT2D eigenvalue weighted by atomic mass is 10.0. The van der Waals surface area contributed by atoms with E-state index in [0.29, 0.717) is 6.04 Å². The molecule has 3 atom stereocenters. The van der Waals surface area contributed by atoms with E-state index in [4.69, 9.17) is 0 Å². The number of fused-ring (bicyclic) bond motifs is 1. The molecule has 0 saturated heterocycles. The first-order valence-electron chi connectivity index (χ1n) is 6.77. The molecule has 2 aromatic rings. The highest BCUT2D eigenvalue weighted by atomic mass is 32.1. The second-order valence-electron chi connectivity index (χ2n) is 5.35. The maximum atomic E-state index is 10.2. The Morgan fingerprint density at radius 3 is 3.00 bits per heavy atom. The number of rotatable bonds is 4. The van der Waals surface area contributed by atoms with Crippen LogP contribution < -0.4 is 5.32 Å². The summed E-state index contributed by atoms with van der Waals surface area (Å²) in [6.07, 6.45) is 1.47. The van der Waals surface area contributed by atoms with Crippen molar-refractivity contribution in [3.63, 3.8) is 0 Å². The number of nitrogens with one attached hydrogen (secondary N) is 1. The van der Waals surface area contributed by atoms with E-state index in [-0.39, 0.29) is 12.1 Å². The van der Waals surface area contributed by atoms with Gasteiger partial charge in [-0.25, -0.2) is 0 Å². The zero-order chi connectivity index (χ0) is 13.2. The van der Waals surface area contributed by atoms with Gasteiger partial charge >= 0.3 is 0 Å². The van der Waals surface area contributed by atoms with E-state index in [2.05, 4.69) is 47.3 Å². The van der Waals surface area contributed by atoms with Crippen molar-refractivity contribution in [3.05, 3.63) is 57.8 Å². The van der Waals surface area contributed by atoms with E-state index in [0.717, 1.165) is 12.8 Å². The number of thiophene rings is 1. The van der Waals surface area contributed by atoms with Crippen molar-refractivity contribution < 1.29 is 5.11 Å². The summed E-state index contributed by atoms with van der Waals surface area (Å²) < 4.78 is 0. The molecular weight excluding hydrogens is 254 g/mol. The van der Waals surface area contributed by atoms with Crippen LogP contribution in [0.3, 0.4) is 0 Å². The summed E-state index contributed by atoms with van der Waals surface area (Å²) in [5.74, 6) is 0. The van der Waals surface area contributed by atoms with Gasteiger partial charge in [-0.1, -0.05) is 24.3 Å².